The van der Waals surface area contributed by atoms with Crippen molar-refractivity contribution in [1.29, 1.82) is 0 Å². The van der Waals surface area contributed by atoms with Crippen molar-refractivity contribution in [3.05, 3.63) is 76.7 Å². The Morgan fingerprint density at radius 3 is 2.55 bits per heavy atom. The minimum absolute atomic E-state index is 0.211. The molecule has 0 radical (unpaired) electrons. The van der Waals surface area contributed by atoms with Crippen LogP contribution in [0.1, 0.15) is 73.5 Å². The van der Waals surface area contributed by atoms with Crippen LogP contribution in [0.4, 0.5) is 4.39 Å². The molecule has 210 valence electrons. The zero-order valence-electron chi connectivity index (χ0n) is 22.8. The van der Waals surface area contributed by atoms with Gasteiger partial charge in [0, 0.05) is 30.3 Å². The average Bonchev–Trinajstić information content (AvgIpc) is 3.55. The first-order chi connectivity index (χ1) is 19.3. The van der Waals surface area contributed by atoms with Crippen LogP contribution in [0.25, 0.3) is 11.1 Å². The standard InChI is InChI=1S/C32H35FN2O5/c1-18(32(37)38)31(36)21-4-3-19-6-12-28(40-29(19)14-21)20-5-11-25(26-15-30(39-2)34-16-27(26)33)22(13-20)17-35-23-7-8-24(35)10-9-23/h3-5,11,13-16,18,23-24,28,31,36H,6-10,12,17H2,1-2H3,(H,37,38)/t18-,23?,24?,28+,31+/m0/s1. The summed E-state index contributed by atoms with van der Waals surface area (Å²) in [6, 6.07) is 14.4. The van der Waals surface area contributed by atoms with Gasteiger partial charge in [0.05, 0.1) is 25.3 Å². The van der Waals surface area contributed by atoms with Gasteiger partial charge >= 0.3 is 5.97 Å². The zero-order chi connectivity index (χ0) is 28.0. The van der Waals surface area contributed by atoms with Gasteiger partial charge in [-0.1, -0.05) is 30.3 Å². The summed E-state index contributed by atoms with van der Waals surface area (Å²) in [7, 11) is 1.53. The molecule has 2 aromatic carbocycles. The Balaban J connectivity index is 1.33. The third kappa shape index (κ3) is 4.95. The lowest BCUT2D eigenvalue weighted by molar-refractivity contribution is -0.145. The molecule has 3 atom stereocenters. The Morgan fingerprint density at radius 1 is 1.10 bits per heavy atom. The van der Waals surface area contributed by atoms with E-state index in [1.54, 1.807) is 18.2 Å². The molecule has 0 amide bonds. The molecule has 7 nitrogen and oxygen atoms in total. The summed E-state index contributed by atoms with van der Waals surface area (Å²) in [5.41, 5.74) is 4.93. The molecule has 2 saturated heterocycles. The molecular weight excluding hydrogens is 511 g/mol. The quantitative estimate of drug-likeness (QED) is 0.367. The van der Waals surface area contributed by atoms with Gasteiger partial charge in [0.25, 0.3) is 0 Å². The van der Waals surface area contributed by atoms with Crippen LogP contribution < -0.4 is 9.47 Å². The highest BCUT2D eigenvalue weighted by Gasteiger charge is 2.39. The zero-order valence-corrected chi connectivity index (χ0v) is 22.8. The molecule has 8 heteroatoms. The van der Waals surface area contributed by atoms with Crippen molar-refractivity contribution in [3.63, 3.8) is 0 Å². The summed E-state index contributed by atoms with van der Waals surface area (Å²) in [5, 5.41) is 19.9. The Bertz CT molecular complexity index is 1410. The maximum Gasteiger partial charge on any atom is 0.309 e. The molecule has 40 heavy (non-hydrogen) atoms. The number of fused-ring (bicyclic) bond motifs is 3. The molecular formula is C32H35FN2O5. The van der Waals surface area contributed by atoms with Crippen molar-refractivity contribution in [1.82, 2.24) is 9.88 Å². The average molecular weight is 547 g/mol. The number of hydrogen-bond donors (Lipinski definition) is 2. The van der Waals surface area contributed by atoms with E-state index >= 15 is 4.39 Å². The summed E-state index contributed by atoms with van der Waals surface area (Å²) in [6.07, 6.45) is 6.33. The molecule has 0 spiro atoms. The number of aliphatic hydroxyl groups is 1. The number of methoxy groups -OCH3 is 1. The largest absolute Gasteiger partial charge is 0.485 e. The lowest BCUT2D eigenvalue weighted by Crippen LogP contribution is -2.28. The molecule has 2 fully saturated rings. The molecule has 4 heterocycles. The number of aliphatic carboxylic acids is 1. The number of nitrogens with zero attached hydrogens (tertiary/aromatic N) is 2. The summed E-state index contributed by atoms with van der Waals surface area (Å²) < 4.78 is 26.8. The third-order valence-electron chi connectivity index (χ3n) is 9.03. The Labute approximate surface area is 233 Å². The second-order valence-corrected chi connectivity index (χ2v) is 11.3. The van der Waals surface area contributed by atoms with Gasteiger partial charge in [-0.25, -0.2) is 9.37 Å². The second-order valence-electron chi connectivity index (χ2n) is 11.3. The number of benzene rings is 2. The molecule has 1 aromatic heterocycles. The van der Waals surface area contributed by atoms with Crippen molar-refractivity contribution in [3.8, 4) is 22.8 Å². The van der Waals surface area contributed by atoms with Gasteiger partial charge in [-0.05, 0) is 79.3 Å². The fraction of sp³-hybridized carbons (Fsp3) is 0.438. The minimum Gasteiger partial charge on any atom is -0.485 e. The number of aryl methyl sites for hydroxylation is 1. The predicted molar refractivity (Wildman–Crippen MR) is 148 cm³/mol. The number of aromatic nitrogens is 1. The first kappa shape index (κ1) is 26.7. The highest BCUT2D eigenvalue weighted by atomic mass is 19.1. The number of hydrogen-bond acceptors (Lipinski definition) is 6. The van der Waals surface area contributed by atoms with Crippen molar-refractivity contribution in [2.24, 2.45) is 5.92 Å². The monoisotopic (exact) mass is 546 g/mol. The van der Waals surface area contributed by atoms with Gasteiger partial charge in [-0.3, -0.25) is 9.69 Å². The molecule has 3 aromatic rings. The minimum atomic E-state index is -1.12. The van der Waals surface area contributed by atoms with E-state index in [1.807, 2.05) is 18.2 Å². The molecule has 3 aliphatic heterocycles. The topological polar surface area (TPSA) is 92.1 Å². The summed E-state index contributed by atoms with van der Waals surface area (Å²) >= 11 is 0. The summed E-state index contributed by atoms with van der Waals surface area (Å²) in [5.74, 6) is -1.33. The van der Waals surface area contributed by atoms with E-state index in [2.05, 4.69) is 16.0 Å². The normalized spacial score (nSPS) is 23.4. The Hall–Kier alpha value is -3.49. The first-order valence-electron chi connectivity index (χ1n) is 14.1. The molecule has 2 bridgehead atoms. The highest BCUT2D eigenvalue weighted by Crippen LogP contribution is 2.42. The number of aliphatic hydroxyl groups excluding tert-OH is 1. The van der Waals surface area contributed by atoms with E-state index in [4.69, 9.17) is 9.47 Å². The van der Waals surface area contributed by atoms with Gasteiger partial charge in [0.1, 0.15) is 17.7 Å². The predicted octanol–water partition coefficient (Wildman–Crippen LogP) is 5.84. The van der Waals surface area contributed by atoms with Crippen molar-refractivity contribution in [2.45, 2.75) is 76.3 Å². The van der Waals surface area contributed by atoms with Crippen LogP contribution in [0.2, 0.25) is 0 Å². The maximum absolute atomic E-state index is 15.1. The molecule has 0 unspecified atom stereocenters. The number of halogens is 1. The van der Waals surface area contributed by atoms with Crippen LogP contribution in [0.3, 0.4) is 0 Å². The highest BCUT2D eigenvalue weighted by molar-refractivity contribution is 5.71. The number of carboxylic acids is 1. The van der Waals surface area contributed by atoms with E-state index in [1.165, 1.54) is 45.9 Å². The van der Waals surface area contributed by atoms with Gasteiger partial charge in [0.15, 0.2) is 0 Å². The van der Waals surface area contributed by atoms with Crippen molar-refractivity contribution < 1.29 is 28.9 Å². The van der Waals surface area contributed by atoms with Gasteiger partial charge in [-0.15, -0.1) is 0 Å². The lowest BCUT2D eigenvalue weighted by atomic mass is 9.91. The molecule has 2 N–H and O–H groups in total. The van der Waals surface area contributed by atoms with Crippen LogP contribution in [-0.2, 0) is 17.8 Å². The SMILES string of the molecule is COc1cc(-c2ccc([C@H]3CCc4ccc([C@H](O)[C@H](C)C(=O)O)cc4O3)cc2CN2C3CCC2CC3)c(F)cn1. The summed E-state index contributed by atoms with van der Waals surface area (Å²) in [4.78, 5) is 18.0. The smallest absolute Gasteiger partial charge is 0.309 e. The van der Waals surface area contributed by atoms with Gasteiger partial charge < -0.3 is 19.7 Å². The number of ether oxygens (including phenoxy) is 2. The van der Waals surface area contributed by atoms with Crippen LogP contribution in [-0.4, -0.2) is 45.3 Å². The van der Waals surface area contributed by atoms with Crippen LogP contribution >= 0.6 is 0 Å². The second kappa shape index (κ2) is 10.8. The Kier molecular flexibility index (Phi) is 7.23. The van der Waals surface area contributed by atoms with Gasteiger partial charge in [0.2, 0.25) is 5.88 Å². The lowest BCUT2D eigenvalue weighted by Gasteiger charge is -2.29. The van der Waals surface area contributed by atoms with Crippen molar-refractivity contribution >= 4 is 5.97 Å². The molecule has 0 aliphatic carbocycles. The molecule has 3 aliphatic rings. The van der Waals surface area contributed by atoms with E-state index in [9.17, 15) is 15.0 Å². The number of carboxylic acid groups (broad SMARTS) is 1. The molecule has 0 saturated carbocycles. The van der Waals surface area contributed by atoms with E-state index in [0.29, 0.717) is 34.8 Å². The van der Waals surface area contributed by atoms with E-state index in [0.717, 1.165) is 41.6 Å². The number of pyridine rings is 1. The number of carbonyl (C=O) groups is 1. The fourth-order valence-corrected chi connectivity index (χ4v) is 6.65. The first-order valence-corrected chi connectivity index (χ1v) is 14.1. The maximum atomic E-state index is 15.1. The Morgan fingerprint density at radius 2 is 1.85 bits per heavy atom. The van der Waals surface area contributed by atoms with Gasteiger partial charge in [-0.2, -0.15) is 0 Å². The van der Waals surface area contributed by atoms with Crippen LogP contribution in [0.5, 0.6) is 11.6 Å². The number of rotatable bonds is 8. The fourth-order valence-electron chi connectivity index (χ4n) is 6.65. The summed E-state index contributed by atoms with van der Waals surface area (Å²) in [6.45, 7) is 2.24. The molecule has 6 rings (SSSR count). The van der Waals surface area contributed by atoms with E-state index in [-0.39, 0.29) is 11.9 Å². The van der Waals surface area contributed by atoms with Crippen molar-refractivity contribution in [2.75, 3.05) is 7.11 Å². The van der Waals surface area contributed by atoms with Crippen LogP contribution in [0, 0.1) is 11.7 Å². The van der Waals surface area contributed by atoms with Crippen LogP contribution in [0.15, 0.2) is 48.7 Å². The third-order valence-corrected chi connectivity index (χ3v) is 9.03. The van der Waals surface area contributed by atoms with E-state index < -0.39 is 18.0 Å².